The fraction of sp³-hybridized carbons (Fsp3) is 0.857. The number of carbonyl (C=O) groups is 4. The number of nitrogens with one attached hydrogen (secondary N) is 2. The summed E-state index contributed by atoms with van der Waals surface area (Å²) >= 11 is 0. The third kappa shape index (κ3) is 13.6. The monoisotopic (exact) mass is 622 g/mol. The normalized spacial score (nSPS) is 24.9. The summed E-state index contributed by atoms with van der Waals surface area (Å²) in [6.45, 7) is 10.6. The summed E-state index contributed by atoms with van der Waals surface area (Å²) in [5.74, 6) is -0.314. The number of hydrogen-bond donors (Lipinski definition) is 2. The van der Waals surface area contributed by atoms with Crippen LogP contribution in [0.15, 0.2) is 10.2 Å². The molecule has 0 unspecified atom stereocenters. The van der Waals surface area contributed by atoms with E-state index in [1.54, 1.807) is 79.5 Å². The van der Waals surface area contributed by atoms with Crippen LogP contribution in [-0.4, -0.2) is 97.4 Å². The van der Waals surface area contributed by atoms with Crippen LogP contribution in [-0.2, 0) is 19.1 Å². The van der Waals surface area contributed by atoms with Crippen LogP contribution in [0.3, 0.4) is 0 Å². The van der Waals surface area contributed by atoms with Gasteiger partial charge < -0.3 is 29.9 Å². The number of ether oxygens (including phenoxy) is 2. The van der Waals surface area contributed by atoms with Gasteiger partial charge >= 0.3 is 12.2 Å². The zero-order valence-corrected chi connectivity index (χ0v) is 27.7. The second kappa shape index (κ2) is 16.8. The van der Waals surface area contributed by atoms with Crippen molar-refractivity contribution < 1.29 is 28.7 Å². The zero-order chi connectivity index (χ0) is 33.8. The minimum atomic E-state index is -0.606. The average molecular weight is 623 g/mol. The molecule has 2 fully saturated rings. The van der Waals surface area contributed by atoms with Crippen molar-refractivity contribution in [3.8, 4) is 0 Å². The Morgan fingerprint density at radius 2 is 0.977 bits per heavy atom. The molecular weight excluding hydrogens is 572 g/mol. The Hall–Kier alpha value is -3.90. The predicted octanol–water partition coefficient (Wildman–Crippen LogP) is 4.89. The second-order valence-corrected chi connectivity index (χ2v) is 13.5. The molecule has 2 aliphatic rings. The van der Waals surface area contributed by atoms with E-state index in [1.807, 2.05) is 0 Å². The van der Waals surface area contributed by atoms with Gasteiger partial charge in [-0.05, 0) is 91.1 Å². The fourth-order valence-corrected chi connectivity index (χ4v) is 5.13. The molecule has 2 rings (SSSR count). The minimum absolute atomic E-state index is 0.0235. The summed E-state index contributed by atoms with van der Waals surface area (Å²) in [7, 11) is 6.83. The highest BCUT2D eigenvalue weighted by atomic mass is 16.6. The van der Waals surface area contributed by atoms with Gasteiger partial charge in [0.15, 0.2) is 0 Å². The molecule has 0 aliphatic heterocycles. The van der Waals surface area contributed by atoms with Gasteiger partial charge in [0.05, 0.1) is 12.1 Å². The van der Waals surface area contributed by atoms with E-state index in [1.165, 1.54) is 0 Å². The molecule has 44 heavy (non-hydrogen) atoms. The molecule has 0 bridgehead atoms. The SMILES string of the molecule is CN(C)C(=O)[C@H]1CC[C@@H](N=[N+]=[N-])[C@H](NC(=O)OC(C)(C)C)C1.CN(C)C(=O)[C@H]1CC[C@@H](N=[N+]=[N-])[C@H](NC(=O)OC(C)(C)C)C1. The summed E-state index contributed by atoms with van der Waals surface area (Å²) in [4.78, 5) is 56.8. The van der Waals surface area contributed by atoms with Gasteiger partial charge in [-0.3, -0.25) is 9.59 Å². The van der Waals surface area contributed by atoms with Crippen LogP contribution < -0.4 is 10.6 Å². The summed E-state index contributed by atoms with van der Waals surface area (Å²) in [5, 5.41) is 13.0. The molecule has 2 N–H and O–H groups in total. The number of carbonyl (C=O) groups excluding carboxylic acids is 4. The molecule has 0 aromatic rings. The van der Waals surface area contributed by atoms with Crippen molar-refractivity contribution >= 4 is 24.0 Å². The van der Waals surface area contributed by atoms with Crippen molar-refractivity contribution in [1.82, 2.24) is 20.4 Å². The lowest BCUT2D eigenvalue weighted by Gasteiger charge is -2.35. The fourth-order valence-electron chi connectivity index (χ4n) is 5.13. The molecule has 2 saturated carbocycles. The highest BCUT2D eigenvalue weighted by molar-refractivity contribution is 5.79. The van der Waals surface area contributed by atoms with Crippen LogP contribution in [0.25, 0.3) is 20.9 Å². The summed E-state index contributed by atoms with van der Waals surface area (Å²) in [5.41, 5.74) is 16.1. The highest BCUT2D eigenvalue weighted by Gasteiger charge is 2.37. The molecule has 6 atom stereocenters. The van der Waals surface area contributed by atoms with Gasteiger partial charge in [-0.25, -0.2) is 9.59 Å². The summed E-state index contributed by atoms with van der Waals surface area (Å²) < 4.78 is 10.5. The number of azide groups is 2. The van der Waals surface area contributed by atoms with Crippen molar-refractivity contribution in [3.05, 3.63) is 20.9 Å². The number of nitrogens with zero attached hydrogens (tertiary/aromatic N) is 8. The molecule has 16 heteroatoms. The van der Waals surface area contributed by atoms with Crippen molar-refractivity contribution in [2.24, 2.45) is 22.1 Å². The standard InChI is InChI=1S/2C14H25N5O3/c2*1-14(2,3)22-13(21)16-11-8-9(12(20)19(4)5)6-7-10(11)17-18-15/h2*9-11H,6-8H2,1-5H3,(H,16,21)/t2*9-,10+,11+/m00/s1. The first kappa shape index (κ1) is 38.1. The lowest BCUT2D eigenvalue weighted by atomic mass is 9.82. The maximum Gasteiger partial charge on any atom is 0.407 e. The molecule has 0 spiro atoms. The molecular formula is C28H50N10O6. The van der Waals surface area contributed by atoms with E-state index in [0.717, 1.165) is 0 Å². The Morgan fingerprint density at radius 3 is 1.23 bits per heavy atom. The van der Waals surface area contributed by atoms with Gasteiger partial charge in [0.2, 0.25) is 11.8 Å². The molecule has 0 aromatic carbocycles. The topological polar surface area (TPSA) is 215 Å². The predicted molar refractivity (Wildman–Crippen MR) is 164 cm³/mol. The molecule has 0 aromatic heterocycles. The molecule has 16 nitrogen and oxygen atoms in total. The van der Waals surface area contributed by atoms with E-state index in [0.29, 0.717) is 38.5 Å². The highest BCUT2D eigenvalue weighted by Crippen LogP contribution is 2.29. The first-order chi connectivity index (χ1) is 20.3. The lowest BCUT2D eigenvalue weighted by Crippen LogP contribution is -2.49. The third-order valence-corrected chi connectivity index (χ3v) is 7.01. The van der Waals surface area contributed by atoms with E-state index in [2.05, 4.69) is 30.7 Å². The van der Waals surface area contributed by atoms with Crippen LogP contribution in [0.4, 0.5) is 9.59 Å². The third-order valence-electron chi connectivity index (χ3n) is 7.01. The Kier molecular flexibility index (Phi) is 14.6. The summed E-state index contributed by atoms with van der Waals surface area (Å²) in [6.07, 6.45) is 2.19. The molecule has 0 heterocycles. The van der Waals surface area contributed by atoms with Gasteiger partial charge in [0, 0.05) is 61.9 Å². The largest absolute Gasteiger partial charge is 0.444 e. The van der Waals surface area contributed by atoms with Gasteiger partial charge in [-0.2, -0.15) is 0 Å². The van der Waals surface area contributed by atoms with Crippen LogP contribution >= 0.6 is 0 Å². The first-order valence-corrected chi connectivity index (χ1v) is 14.8. The van der Waals surface area contributed by atoms with Crippen LogP contribution in [0, 0.1) is 11.8 Å². The Balaban J connectivity index is 0.000000440. The molecule has 0 saturated heterocycles. The van der Waals surface area contributed by atoms with E-state index in [9.17, 15) is 19.2 Å². The number of amides is 4. The Labute approximate surface area is 259 Å². The Bertz CT molecular complexity index is 1020. The molecule has 2 aliphatic carbocycles. The number of alkyl carbamates (subject to hydrolysis) is 2. The first-order valence-electron chi connectivity index (χ1n) is 14.8. The zero-order valence-electron chi connectivity index (χ0n) is 27.7. The van der Waals surface area contributed by atoms with E-state index >= 15 is 0 Å². The van der Waals surface area contributed by atoms with Gasteiger partial charge in [0.25, 0.3) is 0 Å². The summed E-state index contributed by atoms with van der Waals surface area (Å²) in [6, 6.07) is -1.51. The smallest absolute Gasteiger partial charge is 0.407 e. The van der Waals surface area contributed by atoms with Gasteiger partial charge in [-0.15, -0.1) is 0 Å². The Morgan fingerprint density at radius 1 is 0.659 bits per heavy atom. The van der Waals surface area contributed by atoms with Crippen LogP contribution in [0.1, 0.15) is 80.1 Å². The van der Waals surface area contributed by atoms with Crippen molar-refractivity contribution in [2.75, 3.05) is 28.2 Å². The van der Waals surface area contributed by atoms with Gasteiger partial charge in [0.1, 0.15) is 11.2 Å². The van der Waals surface area contributed by atoms with E-state index < -0.39 is 35.5 Å². The quantitative estimate of drug-likeness (QED) is 0.238. The van der Waals surface area contributed by atoms with Crippen molar-refractivity contribution in [1.29, 1.82) is 0 Å². The average Bonchev–Trinajstić information content (AvgIpc) is 2.88. The lowest BCUT2D eigenvalue weighted by molar-refractivity contribution is -0.135. The number of hydrogen-bond acceptors (Lipinski definition) is 8. The molecule has 248 valence electrons. The van der Waals surface area contributed by atoms with Crippen molar-refractivity contribution in [2.45, 2.75) is 115 Å². The maximum absolute atomic E-state index is 12.1. The van der Waals surface area contributed by atoms with Crippen molar-refractivity contribution in [3.63, 3.8) is 0 Å². The van der Waals surface area contributed by atoms with Crippen LogP contribution in [0.5, 0.6) is 0 Å². The maximum atomic E-state index is 12.1. The van der Waals surface area contributed by atoms with Crippen LogP contribution in [0.2, 0.25) is 0 Å². The minimum Gasteiger partial charge on any atom is -0.444 e. The molecule has 4 amide bonds. The van der Waals surface area contributed by atoms with E-state index in [-0.39, 0.29) is 35.7 Å². The van der Waals surface area contributed by atoms with Gasteiger partial charge in [-0.1, -0.05) is 10.2 Å². The number of rotatable bonds is 6. The van der Waals surface area contributed by atoms with E-state index in [4.69, 9.17) is 20.5 Å². The second-order valence-electron chi connectivity index (χ2n) is 13.5. The molecule has 0 radical (unpaired) electrons.